The Kier molecular flexibility index (Phi) is 8.39. The summed E-state index contributed by atoms with van der Waals surface area (Å²) in [6.07, 6.45) is 2.50. The number of anilines is 1. The quantitative estimate of drug-likeness (QED) is 0.760. The maximum atomic E-state index is 10.0. The first-order valence-electron chi connectivity index (χ1n) is 8.66. The molecule has 3 rings (SSSR count). The van der Waals surface area contributed by atoms with Gasteiger partial charge in [0.1, 0.15) is 6.29 Å². The molecular formula is C20H25Cl2N3O. The van der Waals surface area contributed by atoms with Gasteiger partial charge in [-0.25, -0.2) is 0 Å². The van der Waals surface area contributed by atoms with Crippen molar-refractivity contribution in [1.29, 1.82) is 0 Å². The zero-order valence-electron chi connectivity index (χ0n) is 14.9. The predicted octanol–water partition coefficient (Wildman–Crippen LogP) is 3.68. The second-order valence-corrected chi connectivity index (χ2v) is 7.04. The highest BCUT2D eigenvalue weighted by molar-refractivity contribution is 6.31. The lowest BCUT2D eigenvalue weighted by molar-refractivity contribution is -0.107. The fourth-order valence-electron chi connectivity index (χ4n) is 2.89. The number of nitrogens with two attached hydrogens (primary N) is 1. The topological polar surface area (TPSA) is 58.4 Å². The molecular weight excluding hydrogens is 369 g/mol. The molecule has 0 aliphatic carbocycles. The first kappa shape index (κ1) is 20.7. The lowest BCUT2D eigenvalue weighted by atomic mass is 10.2. The summed E-state index contributed by atoms with van der Waals surface area (Å²) in [6.45, 7) is 2.64. The molecule has 26 heavy (non-hydrogen) atoms. The van der Waals surface area contributed by atoms with Crippen LogP contribution in [0.5, 0.6) is 0 Å². The zero-order chi connectivity index (χ0) is 18.9. The van der Waals surface area contributed by atoms with Crippen molar-refractivity contribution in [3.05, 3.63) is 63.6 Å². The number of nitrogens with one attached hydrogen (secondary N) is 1. The highest BCUT2D eigenvalue weighted by atomic mass is 35.5. The van der Waals surface area contributed by atoms with Crippen molar-refractivity contribution in [1.82, 2.24) is 5.32 Å². The molecule has 0 radical (unpaired) electrons. The number of hydrogen-bond donors (Lipinski definition) is 2. The van der Waals surface area contributed by atoms with Crippen molar-refractivity contribution in [2.75, 3.05) is 25.0 Å². The van der Waals surface area contributed by atoms with E-state index in [1.807, 2.05) is 31.3 Å². The van der Waals surface area contributed by atoms with E-state index in [4.69, 9.17) is 28.9 Å². The third-order valence-electron chi connectivity index (χ3n) is 4.43. The predicted molar refractivity (Wildman–Crippen MR) is 110 cm³/mol. The van der Waals surface area contributed by atoms with Crippen molar-refractivity contribution < 1.29 is 4.79 Å². The molecule has 0 saturated carbocycles. The van der Waals surface area contributed by atoms with E-state index in [-0.39, 0.29) is 0 Å². The van der Waals surface area contributed by atoms with E-state index in [1.165, 1.54) is 12.1 Å². The SMILES string of the molecule is CN[C@@H]1CCN(c2ccc(CN)c(Cl)c2)C1.O=CCc1cccc(Cl)c1. The van der Waals surface area contributed by atoms with Crippen LogP contribution in [0.4, 0.5) is 5.69 Å². The van der Waals surface area contributed by atoms with Crippen LogP contribution in [-0.2, 0) is 17.8 Å². The molecule has 1 fully saturated rings. The molecule has 0 unspecified atom stereocenters. The van der Waals surface area contributed by atoms with Gasteiger partial charge in [-0.2, -0.15) is 0 Å². The summed E-state index contributed by atoms with van der Waals surface area (Å²) in [5, 5.41) is 4.76. The first-order valence-corrected chi connectivity index (χ1v) is 9.41. The van der Waals surface area contributed by atoms with Crippen molar-refractivity contribution >= 4 is 35.2 Å². The molecule has 0 aromatic heterocycles. The summed E-state index contributed by atoms with van der Waals surface area (Å²) in [4.78, 5) is 12.4. The van der Waals surface area contributed by atoms with Crippen LogP contribution in [0.15, 0.2) is 42.5 Å². The Morgan fingerprint density at radius 3 is 2.65 bits per heavy atom. The molecule has 1 aliphatic rings. The van der Waals surface area contributed by atoms with E-state index in [0.717, 1.165) is 35.5 Å². The minimum absolute atomic E-state index is 0.445. The van der Waals surface area contributed by atoms with E-state index < -0.39 is 0 Å². The number of likely N-dealkylation sites (N-methyl/N-ethyl adjacent to an activating group) is 1. The molecule has 1 aliphatic heterocycles. The average molecular weight is 394 g/mol. The lowest BCUT2D eigenvalue weighted by Gasteiger charge is -2.19. The summed E-state index contributed by atoms with van der Waals surface area (Å²) >= 11 is 11.8. The zero-order valence-corrected chi connectivity index (χ0v) is 16.4. The molecule has 1 atom stereocenters. The maximum absolute atomic E-state index is 10.0. The minimum Gasteiger partial charge on any atom is -0.370 e. The fourth-order valence-corrected chi connectivity index (χ4v) is 3.35. The molecule has 2 aromatic carbocycles. The second kappa shape index (κ2) is 10.5. The van der Waals surface area contributed by atoms with Gasteiger partial charge in [0.2, 0.25) is 0 Å². The number of hydrogen-bond acceptors (Lipinski definition) is 4. The van der Waals surface area contributed by atoms with Crippen LogP contribution in [0.3, 0.4) is 0 Å². The molecule has 0 spiro atoms. The van der Waals surface area contributed by atoms with E-state index >= 15 is 0 Å². The third kappa shape index (κ3) is 5.99. The minimum atomic E-state index is 0.445. The highest BCUT2D eigenvalue weighted by Gasteiger charge is 2.21. The largest absolute Gasteiger partial charge is 0.370 e. The number of aldehydes is 1. The summed E-state index contributed by atoms with van der Waals surface area (Å²) in [5.41, 5.74) is 8.75. The smallest absolute Gasteiger partial charge is 0.124 e. The Morgan fingerprint density at radius 2 is 2.08 bits per heavy atom. The fraction of sp³-hybridized carbons (Fsp3) is 0.350. The van der Waals surface area contributed by atoms with Crippen molar-refractivity contribution in [3.8, 4) is 0 Å². The summed E-state index contributed by atoms with van der Waals surface area (Å²) in [5.74, 6) is 0. The molecule has 1 heterocycles. The van der Waals surface area contributed by atoms with Gasteiger partial charge in [0.25, 0.3) is 0 Å². The molecule has 1 saturated heterocycles. The van der Waals surface area contributed by atoms with Crippen LogP contribution in [0.1, 0.15) is 17.5 Å². The van der Waals surface area contributed by atoms with E-state index in [1.54, 1.807) is 12.1 Å². The van der Waals surface area contributed by atoms with Gasteiger partial charge in [0, 0.05) is 47.8 Å². The summed E-state index contributed by atoms with van der Waals surface area (Å²) < 4.78 is 0. The lowest BCUT2D eigenvalue weighted by Crippen LogP contribution is -2.29. The molecule has 3 N–H and O–H groups in total. The number of halogens is 2. The van der Waals surface area contributed by atoms with E-state index in [0.29, 0.717) is 24.0 Å². The Labute approximate surface area is 165 Å². The molecule has 6 heteroatoms. The van der Waals surface area contributed by atoms with Gasteiger partial charge >= 0.3 is 0 Å². The maximum Gasteiger partial charge on any atom is 0.124 e. The molecule has 140 valence electrons. The van der Waals surface area contributed by atoms with Crippen LogP contribution >= 0.6 is 23.2 Å². The molecule has 2 aromatic rings. The monoisotopic (exact) mass is 393 g/mol. The van der Waals surface area contributed by atoms with Crippen LogP contribution in [-0.4, -0.2) is 32.5 Å². The Morgan fingerprint density at radius 1 is 1.27 bits per heavy atom. The summed E-state index contributed by atoms with van der Waals surface area (Å²) in [6, 6.07) is 14.0. The van der Waals surface area contributed by atoms with Gasteiger partial charge in [0.05, 0.1) is 0 Å². The summed E-state index contributed by atoms with van der Waals surface area (Å²) in [7, 11) is 2.01. The van der Waals surface area contributed by atoms with Gasteiger partial charge in [-0.15, -0.1) is 0 Å². The van der Waals surface area contributed by atoms with E-state index in [9.17, 15) is 4.79 Å². The average Bonchev–Trinajstić information content (AvgIpc) is 3.12. The van der Waals surface area contributed by atoms with Crippen LogP contribution in [0, 0.1) is 0 Å². The van der Waals surface area contributed by atoms with Gasteiger partial charge in [-0.05, 0) is 48.9 Å². The number of carbonyl (C=O) groups is 1. The van der Waals surface area contributed by atoms with Gasteiger partial charge in [-0.3, -0.25) is 0 Å². The van der Waals surface area contributed by atoms with Gasteiger partial charge < -0.3 is 20.7 Å². The second-order valence-electron chi connectivity index (χ2n) is 6.20. The molecule has 0 bridgehead atoms. The number of rotatable bonds is 5. The van der Waals surface area contributed by atoms with Crippen LogP contribution < -0.4 is 16.0 Å². The Balaban J connectivity index is 0.000000209. The van der Waals surface area contributed by atoms with Crippen LogP contribution in [0.2, 0.25) is 10.0 Å². The molecule has 0 amide bonds. The standard InChI is InChI=1S/C12H18ClN3.C8H7ClO/c1-15-10-4-5-16(8-10)11-3-2-9(7-14)12(13)6-11;9-8-3-1-2-7(6-8)4-5-10/h2-3,6,10,15H,4-5,7-8,14H2,1H3;1-3,5-6H,4H2/t10-;/m1./s1. The van der Waals surface area contributed by atoms with Crippen molar-refractivity contribution in [3.63, 3.8) is 0 Å². The number of benzene rings is 2. The molecule has 4 nitrogen and oxygen atoms in total. The van der Waals surface area contributed by atoms with Gasteiger partial charge in [-0.1, -0.05) is 41.4 Å². The number of carbonyl (C=O) groups excluding carboxylic acids is 1. The number of nitrogens with zero attached hydrogens (tertiary/aromatic N) is 1. The van der Waals surface area contributed by atoms with Gasteiger partial charge in [0.15, 0.2) is 0 Å². The highest BCUT2D eigenvalue weighted by Crippen LogP contribution is 2.26. The normalized spacial score (nSPS) is 16.2. The third-order valence-corrected chi connectivity index (χ3v) is 5.01. The van der Waals surface area contributed by atoms with Crippen molar-refractivity contribution in [2.24, 2.45) is 5.73 Å². The Hall–Kier alpha value is -1.59. The Bertz CT molecular complexity index is 724. The van der Waals surface area contributed by atoms with E-state index in [2.05, 4.69) is 16.3 Å². The van der Waals surface area contributed by atoms with Crippen molar-refractivity contribution in [2.45, 2.75) is 25.4 Å². The van der Waals surface area contributed by atoms with Crippen LogP contribution in [0.25, 0.3) is 0 Å². The first-order chi connectivity index (χ1) is 12.6.